The van der Waals surface area contributed by atoms with E-state index in [1.165, 1.54) is 5.56 Å². The fourth-order valence-corrected chi connectivity index (χ4v) is 3.44. The van der Waals surface area contributed by atoms with Gasteiger partial charge in [-0.1, -0.05) is 17.7 Å². The summed E-state index contributed by atoms with van der Waals surface area (Å²) < 4.78 is 8.23. The average molecular weight is 347 g/mol. The van der Waals surface area contributed by atoms with Crippen LogP contribution in [0, 0.1) is 24.3 Å². The Labute approximate surface area is 152 Å². The van der Waals surface area contributed by atoms with Gasteiger partial charge in [0.1, 0.15) is 17.6 Å². The van der Waals surface area contributed by atoms with E-state index in [0.29, 0.717) is 11.8 Å². The highest BCUT2D eigenvalue weighted by atomic mass is 16.5. The van der Waals surface area contributed by atoms with Crippen LogP contribution in [0.1, 0.15) is 18.4 Å². The zero-order valence-corrected chi connectivity index (χ0v) is 14.8. The van der Waals surface area contributed by atoms with E-state index in [-0.39, 0.29) is 0 Å². The van der Waals surface area contributed by atoms with Crippen molar-refractivity contribution in [1.82, 2.24) is 19.4 Å². The van der Waals surface area contributed by atoms with Crippen LogP contribution in [0.3, 0.4) is 0 Å². The smallest absolute Gasteiger partial charge is 0.247 e. The lowest BCUT2D eigenvalue weighted by atomic mass is 9.97. The molecule has 0 amide bonds. The normalized spacial score (nSPS) is 15.2. The summed E-state index contributed by atoms with van der Waals surface area (Å²) >= 11 is 0. The molecule has 6 nitrogen and oxygen atoms in total. The lowest BCUT2D eigenvalue weighted by molar-refractivity contribution is 0.235. The second-order valence-corrected chi connectivity index (χ2v) is 6.83. The third kappa shape index (κ3) is 3.33. The van der Waals surface area contributed by atoms with E-state index in [1.807, 2.05) is 35.2 Å². The second kappa shape index (κ2) is 7.04. The number of ether oxygens (including phenoxy) is 1. The fraction of sp³-hybridized carbons (Fsp3) is 0.350. The average Bonchev–Trinajstić information content (AvgIpc) is 3.08. The second-order valence-electron chi connectivity index (χ2n) is 6.83. The van der Waals surface area contributed by atoms with Crippen LogP contribution < -0.4 is 4.74 Å². The Hall–Kier alpha value is -3.07. The summed E-state index contributed by atoms with van der Waals surface area (Å²) in [7, 11) is 0. The molecule has 1 saturated heterocycles. The Morgan fingerprint density at radius 3 is 2.65 bits per heavy atom. The summed E-state index contributed by atoms with van der Waals surface area (Å²) in [5.41, 5.74) is 3.00. The molecule has 0 spiro atoms. The number of nitriles is 1. The minimum Gasteiger partial charge on any atom is -0.437 e. The zero-order valence-electron chi connectivity index (χ0n) is 14.8. The number of hydrogen-bond donors (Lipinski definition) is 0. The van der Waals surface area contributed by atoms with E-state index in [0.717, 1.165) is 49.3 Å². The van der Waals surface area contributed by atoms with Crippen molar-refractivity contribution in [2.24, 2.45) is 5.92 Å². The summed E-state index contributed by atoms with van der Waals surface area (Å²) in [6, 6.07) is 9.96. The molecule has 2 aromatic heterocycles. The highest BCUT2D eigenvalue weighted by Gasteiger charge is 2.20. The molecule has 0 bridgehead atoms. The molecule has 0 unspecified atom stereocenters. The molecule has 0 N–H and O–H groups in total. The molecule has 6 heteroatoms. The summed E-state index contributed by atoms with van der Waals surface area (Å²) in [5.74, 6) is 1.90. The number of aryl methyl sites for hydroxylation is 1. The largest absolute Gasteiger partial charge is 0.437 e. The fourth-order valence-electron chi connectivity index (χ4n) is 3.44. The van der Waals surface area contributed by atoms with Gasteiger partial charge in [-0.25, -0.2) is 4.98 Å². The molecule has 1 aromatic carbocycles. The number of likely N-dealkylation sites (tertiary alicyclic amines) is 1. The maximum absolute atomic E-state index is 9.01. The van der Waals surface area contributed by atoms with E-state index in [1.54, 1.807) is 6.33 Å². The molecule has 0 aliphatic carbocycles. The molecule has 0 saturated carbocycles. The topological polar surface area (TPSA) is 67.0 Å². The van der Waals surface area contributed by atoms with Crippen molar-refractivity contribution in [1.29, 1.82) is 5.26 Å². The van der Waals surface area contributed by atoms with E-state index in [9.17, 15) is 0 Å². The molecule has 3 aromatic rings. The van der Waals surface area contributed by atoms with Gasteiger partial charge in [-0.15, -0.1) is 0 Å². The number of nitrogens with zero attached hydrogens (tertiary/aromatic N) is 5. The first-order chi connectivity index (χ1) is 12.7. The first-order valence-electron chi connectivity index (χ1n) is 8.92. The van der Waals surface area contributed by atoms with Crippen molar-refractivity contribution in [2.45, 2.75) is 26.3 Å². The summed E-state index contributed by atoms with van der Waals surface area (Å²) in [4.78, 5) is 10.6. The first kappa shape index (κ1) is 16.4. The number of piperidine rings is 1. The van der Waals surface area contributed by atoms with Gasteiger partial charge in [-0.05, 0) is 43.9 Å². The molecule has 1 aliphatic rings. The Bertz CT molecular complexity index is 933. The van der Waals surface area contributed by atoms with Crippen LogP contribution in [0.5, 0.6) is 11.6 Å². The van der Waals surface area contributed by atoms with Gasteiger partial charge in [0.15, 0.2) is 6.19 Å². The molecule has 4 rings (SSSR count). The maximum Gasteiger partial charge on any atom is 0.247 e. The number of aromatic nitrogens is 3. The predicted octanol–water partition coefficient (Wildman–Crippen LogP) is 3.73. The monoisotopic (exact) mass is 347 g/mol. The van der Waals surface area contributed by atoms with Gasteiger partial charge in [0.2, 0.25) is 5.88 Å². The number of fused-ring (bicyclic) bond motifs is 1. The quantitative estimate of drug-likeness (QED) is 0.673. The highest BCUT2D eigenvalue weighted by Crippen LogP contribution is 2.29. The van der Waals surface area contributed by atoms with Gasteiger partial charge in [0, 0.05) is 25.8 Å². The number of benzene rings is 1. The van der Waals surface area contributed by atoms with Crippen LogP contribution in [-0.4, -0.2) is 32.5 Å². The first-order valence-corrected chi connectivity index (χ1v) is 8.92. The van der Waals surface area contributed by atoms with Crippen molar-refractivity contribution >= 4 is 11.0 Å². The molecule has 0 radical (unpaired) electrons. The van der Waals surface area contributed by atoms with Gasteiger partial charge >= 0.3 is 0 Å². The van der Waals surface area contributed by atoms with Crippen LogP contribution in [0.15, 0.2) is 42.9 Å². The van der Waals surface area contributed by atoms with Crippen LogP contribution in [-0.2, 0) is 6.54 Å². The van der Waals surface area contributed by atoms with Crippen LogP contribution in [0.2, 0.25) is 0 Å². The lowest BCUT2D eigenvalue weighted by Crippen LogP contribution is -2.31. The van der Waals surface area contributed by atoms with E-state index in [2.05, 4.69) is 33.8 Å². The predicted molar refractivity (Wildman–Crippen MR) is 98.7 cm³/mol. The van der Waals surface area contributed by atoms with Crippen molar-refractivity contribution in [2.75, 3.05) is 13.1 Å². The molecule has 0 atom stereocenters. The lowest BCUT2D eigenvalue weighted by Gasteiger charge is -2.28. The third-order valence-corrected chi connectivity index (χ3v) is 4.96. The maximum atomic E-state index is 9.01. The molecular weight excluding hydrogens is 326 g/mol. The summed E-state index contributed by atoms with van der Waals surface area (Å²) in [6.45, 7) is 4.61. The van der Waals surface area contributed by atoms with E-state index >= 15 is 0 Å². The molecule has 26 heavy (non-hydrogen) atoms. The minimum atomic E-state index is 0.544. The Morgan fingerprint density at radius 2 is 1.92 bits per heavy atom. The zero-order chi connectivity index (χ0) is 17.9. The molecular formula is C20H21N5O. The van der Waals surface area contributed by atoms with Crippen molar-refractivity contribution < 1.29 is 4.74 Å². The molecule has 3 heterocycles. The minimum absolute atomic E-state index is 0.544. The Balaban J connectivity index is 1.58. The van der Waals surface area contributed by atoms with Crippen molar-refractivity contribution in [3.05, 3.63) is 48.4 Å². The number of rotatable bonds is 4. The van der Waals surface area contributed by atoms with Gasteiger partial charge in [0.05, 0.1) is 5.52 Å². The summed E-state index contributed by atoms with van der Waals surface area (Å²) in [6.07, 6.45) is 7.88. The van der Waals surface area contributed by atoms with Crippen LogP contribution in [0.25, 0.3) is 11.0 Å². The van der Waals surface area contributed by atoms with Gasteiger partial charge in [0.25, 0.3) is 0 Å². The van der Waals surface area contributed by atoms with Gasteiger partial charge in [-0.3, -0.25) is 0 Å². The van der Waals surface area contributed by atoms with E-state index < -0.39 is 0 Å². The number of hydrogen-bond acceptors (Lipinski definition) is 5. The Kier molecular flexibility index (Phi) is 4.44. The van der Waals surface area contributed by atoms with Crippen molar-refractivity contribution in [3.63, 3.8) is 0 Å². The third-order valence-electron chi connectivity index (χ3n) is 4.96. The van der Waals surface area contributed by atoms with Crippen molar-refractivity contribution in [3.8, 4) is 17.8 Å². The molecule has 1 aliphatic heterocycles. The standard InChI is InChI=1S/C20H21N5O/c1-15-2-4-17(5-3-15)26-20-19-18(22-14-23-20)8-11-25(19)12-16-6-9-24(13-21)10-7-16/h2-5,8,11,14,16H,6-7,9-10,12H2,1H3. The van der Waals surface area contributed by atoms with Crippen LogP contribution >= 0.6 is 0 Å². The van der Waals surface area contributed by atoms with Gasteiger partial charge in [-0.2, -0.15) is 10.2 Å². The molecule has 132 valence electrons. The molecule has 1 fully saturated rings. The Morgan fingerprint density at radius 1 is 1.15 bits per heavy atom. The summed E-state index contributed by atoms with van der Waals surface area (Å²) in [5, 5.41) is 9.01. The van der Waals surface area contributed by atoms with E-state index in [4.69, 9.17) is 10.00 Å². The SMILES string of the molecule is Cc1ccc(Oc2ncnc3ccn(CC4CCN(C#N)CC4)c23)cc1. The highest BCUT2D eigenvalue weighted by molar-refractivity contribution is 5.80. The van der Waals surface area contributed by atoms with Gasteiger partial charge < -0.3 is 14.2 Å². The van der Waals surface area contributed by atoms with Crippen LogP contribution in [0.4, 0.5) is 0 Å².